The molecule has 0 aliphatic rings. The van der Waals surface area contributed by atoms with Gasteiger partial charge in [0.2, 0.25) is 0 Å². The van der Waals surface area contributed by atoms with Crippen LogP contribution >= 0.6 is 0 Å². The summed E-state index contributed by atoms with van der Waals surface area (Å²) in [6.45, 7) is 9.60. The highest BCUT2D eigenvalue weighted by Crippen LogP contribution is 2.22. The van der Waals surface area contributed by atoms with E-state index in [0.717, 1.165) is 11.1 Å². The van der Waals surface area contributed by atoms with Gasteiger partial charge in [0.1, 0.15) is 12.4 Å². The lowest BCUT2D eigenvalue weighted by molar-refractivity contribution is -0.148. The SMILES string of the molecule is C=CCOCC(COc1ccc(-c2ccccc2)cc1)OC(=O)C(=C)C. The average Bonchev–Trinajstić information content (AvgIpc) is 2.67. The molecule has 1 atom stereocenters. The number of hydrogen-bond acceptors (Lipinski definition) is 4. The van der Waals surface area contributed by atoms with Crippen molar-refractivity contribution in [3.05, 3.63) is 79.4 Å². The van der Waals surface area contributed by atoms with E-state index in [1.54, 1.807) is 13.0 Å². The maximum atomic E-state index is 11.7. The Morgan fingerprint density at radius 2 is 1.69 bits per heavy atom. The second-order valence-corrected chi connectivity index (χ2v) is 5.84. The van der Waals surface area contributed by atoms with Gasteiger partial charge in [-0.05, 0) is 30.2 Å². The van der Waals surface area contributed by atoms with Gasteiger partial charge in [0.25, 0.3) is 0 Å². The molecule has 0 aliphatic carbocycles. The van der Waals surface area contributed by atoms with E-state index in [4.69, 9.17) is 14.2 Å². The Morgan fingerprint density at radius 1 is 1.04 bits per heavy atom. The first kappa shape index (κ1) is 19.5. The number of ether oxygens (including phenoxy) is 3. The van der Waals surface area contributed by atoms with Gasteiger partial charge in [0.15, 0.2) is 6.10 Å². The maximum Gasteiger partial charge on any atom is 0.333 e. The van der Waals surface area contributed by atoms with Crippen LogP contribution in [0.1, 0.15) is 6.92 Å². The molecule has 0 N–H and O–H groups in total. The van der Waals surface area contributed by atoms with Crippen LogP contribution in [0.25, 0.3) is 11.1 Å². The summed E-state index contributed by atoms with van der Waals surface area (Å²) in [5.74, 6) is 0.241. The molecule has 2 rings (SSSR count). The first-order chi connectivity index (χ1) is 12.6. The molecule has 4 heteroatoms. The van der Waals surface area contributed by atoms with E-state index in [2.05, 4.69) is 25.3 Å². The number of hydrogen-bond donors (Lipinski definition) is 0. The van der Waals surface area contributed by atoms with Crippen molar-refractivity contribution in [1.82, 2.24) is 0 Å². The van der Waals surface area contributed by atoms with Crippen molar-refractivity contribution < 1.29 is 19.0 Å². The summed E-state index contributed by atoms with van der Waals surface area (Å²) >= 11 is 0. The lowest BCUT2D eigenvalue weighted by Gasteiger charge is -2.18. The molecule has 4 nitrogen and oxygen atoms in total. The normalized spacial score (nSPS) is 11.4. The molecular formula is C22H24O4. The standard InChI is InChI=1S/C22H24O4/c1-4-14-24-15-21(26-22(23)17(2)3)16-25-20-12-10-19(11-13-20)18-8-6-5-7-9-18/h4-13,21H,1-2,14-16H2,3H3. The zero-order valence-electron chi connectivity index (χ0n) is 15.0. The summed E-state index contributed by atoms with van der Waals surface area (Å²) in [6.07, 6.45) is 1.12. The fraction of sp³-hybridized carbons (Fsp3) is 0.227. The lowest BCUT2D eigenvalue weighted by atomic mass is 10.1. The van der Waals surface area contributed by atoms with Gasteiger partial charge in [0.05, 0.1) is 13.2 Å². The van der Waals surface area contributed by atoms with E-state index >= 15 is 0 Å². The van der Waals surface area contributed by atoms with Crippen LogP contribution in [0.3, 0.4) is 0 Å². The summed E-state index contributed by atoms with van der Waals surface area (Å²) in [6, 6.07) is 17.9. The van der Waals surface area contributed by atoms with Crippen molar-refractivity contribution >= 4 is 5.97 Å². The fourth-order valence-electron chi connectivity index (χ4n) is 2.21. The van der Waals surface area contributed by atoms with Gasteiger partial charge in [0, 0.05) is 5.57 Å². The van der Waals surface area contributed by atoms with Crippen molar-refractivity contribution in [3.8, 4) is 16.9 Å². The molecule has 0 bridgehead atoms. The van der Waals surface area contributed by atoms with Gasteiger partial charge < -0.3 is 14.2 Å². The van der Waals surface area contributed by atoms with Crippen LogP contribution in [-0.2, 0) is 14.3 Å². The largest absolute Gasteiger partial charge is 0.490 e. The first-order valence-electron chi connectivity index (χ1n) is 8.43. The molecular weight excluding hydrogens is 328 g/mol. The Balaban J connectivity index is 1.94. The highest BCUT2D eigenvalue weighted by atomic mass is 16.6. The summed E-state index contributed by atoms with van der Waals surface area (Å²) in [7, 11) is 0. The third-order valence-corrected chi connectivity index (χ3v) is 3.56. The molecule has 1 unspecified atom stereocenters. The molecule has 0 saturated carbocycles. The summed E-state index contributed by atoms with van der Waals surface area (Å²) < 4.78 is 16.5. The number of benzene rings is 2. The Labute approximate surface area is 154 Å². The fourth-order valence-corrected chi connectivity index (χ4v) is 2.21. The van der Waals surface area contributed by atoms with E-state index in [-0.39, 0.29) is 13.2 Å². The topological polar surface area (TPSA) is 44.8 Å². The molecule has 0 aromatic heterocycles. The molecule has 26 heavy (non-hydrogen) atoms. The summed E-state index contributed by atoms with van der Waals surface area (Å²) in [5, 5.41) is 0. The minimum absolute atomic E-state index is 0.195. The molecule has 0 spiro atoms. The highest BCUT2D eigenvalue weighted by molar-refractivity contribution is 5.87. The van der Waals surface area contributed by atoms with Gasteiger partial charge in [-0.1, -0.05) is 55.1 Å². The van der Waals surface area contributed by atoms with Crippen molar-refractivity contribution in [1.29, 1.82) is 0 Å². The highest BCUT2D eigenvalue weighted by Gasteiger charge is 2.16. The van der Waals surface area contributed by atoms with Crippen molar-refractivity contribution in [2.24, 2.45) is 0 Å². The molecule has 2 aromatic rings. The molecule has 0 saturated heterocycles. The lowest BCUT2D eigenvalue weighted by Crippen LogP contribution is -2.30. The number of rotatable bonds is 10. The number of carbonyl (C=O) groups is 1. The van der Waals surface area contributed by atoms with Crippen LogP contribution < -0.4 is 4.74 Å². The van der Waals surface area contributed by atoms with Gasteiger partial charge >= 0.3 is 5.97 Å². The quantitative estimate of drug-likeness (QED) is 0.275. The predicted octanol–water partition coefficient (Wildman–Crippen LogP) is 4.42. The van der Waals surface area contributed by atoms with Gasteiger partial charge in [-0.25, -0.2) is 4.79 Å². The average molecular weight is 352 g/mol. The Morgan fingerprint density at radius 3 is 2.31 bits per heavy atom. The number of carbonyl (C=O) groups excluding carboxylic acids is 1. The van der Waals surface area contributed by atoms with E-state index in [9.17, 15) is 4.79 Å². The van der Waals surface area contributed by atoms with Crippen LogP contribution in [-0.4, -0.2) is 31.9 Å². The van der Waals surface area contributed by atoms with Crippen LogP contribution in [0.2, 0.25) is 0 Å². The Hall–Kier alpha value is -2.85. The van der Waals surface area contributed by atoms with E-state index in [1.165, 1.54) is 0 Å². The van der Waals surface area contributed by atoms with E-state index < -0.39 is 12.1 Å². The van der Waals surface area contributed by atoms with E-state index in [0.29, 0.717) is 17.9 Å². The second kappa shape index (κ2) is 10.2. The molecule has 2 aromatic carbocycles. The van der Waals surface area contributed by atoms with Gasteiger partial charge in [-0.2, -0.15) is 0 Å². The van der Waals surface area contributed by atoms with Crippen LogP contribution in [0.15, 0.2) is 79.4 Å². The van der Waals surface area contributed by atoms with Crippen LogP contribution in [0.5, 0.6) is 5.75 Å². The predicted molar refractivity (Wildman–Crippen MR) is 103 cm³/mol. The minimum Gasteiger partial charge on any atom is -0.490 e. The third kappa shape index (κ3) is 6.22. The van der Waals surface area contributed by atoms with Crippen molar-refractivity contribution in [2.45, 2.75) is 13.0 Å². The monoisotopic (exact) mass is 352 g/mol. The van der Waals surface area contributed by atoms with Crippen molar-refractivity contribution in [3.63, 3.8) is 0 Å². The number of esters is 1. The zero-order chi connectivity index (χ0) is 18.8. The van der Waals surface area contributed by atoms with Crippen LogP contribution in [0, 0.1) is 0 Å². The smallest absolute Gasteiger partial charge is 0.333 e. The molecule has 0 heterocycles. The third-order valence-electron chi connectivity index (χ3n) is 3.56. The first-order valence-corrected chi connectivity index (χ1v) is 8.43. The van der Waals surface area contributed by atoms with Gasteiger partial charge in [-0.3, -0.25) is 0 Å². The molecule has 0 aliphatic heterocycles. The molecule has 0 fully saturated rings. The molecule has 136 valence electrons. The molecule has 0 radical (unpaired) electrons. The maximum absolute atomic E-state index is 11.7. The second-order valence-electron chi connectivity index (χ2n) is 5.84. The van der Waals surface area contributed by atoms with E-state index in [1.807, 2.05) is 42.5 Å². The Kier molecular flexibility index (Phi) is 7.65. The van der Waals surface area contributed by atoms with Crippen LogP contribution in [0.4, 0.5) is 0 Å². The zero-order valence-corrected chi connectivity index (χ0v) is 15.0. The summed E-state index contributed by atoms with van der Waals surface area (Å²) in [4.78, 5) is 11.7. The molecule has 0 amide bonds. The summed E-state index contributed by atoms with van der Waals surface area (Å²) in [5.41, 5.74) is 2.59. The minimum atomic E-state index is -0.520. The Bertz CT molecular complexity index is 720. The van der Waals surface area contributed by atoms with Gasteiger partial charge in [-0.15, -0.1) is 6.58 Å². The van der Waals surface area contributed by atoms with Crippen molar-refractivity contribution in [2.75, 3.05) is 19.8 Å².